The van der Waals surface area contributed by atoms with E-state index in [2.05, 4.69) is 38.7 Å². The molecule has 0 aliphatic carbocycles. The summed E-state index contributed by atoms with van der Waals surface area (Å²) >= 11 is 0. The van der Waals surface area contributed by atoms with Gasteiger partial charge in [0.15, 0.2) is 0 Å². The summed E-state index contributed by atoms with van der Waals surface area (Å²) < 4.78 is 87.1. The Kier molecular flexibility index (Phi) is 25.0. The van der Waals surface area contributed by atoms with Crippen molar-refractivity contribution >= 4 is 51.2 Å². The van der Waals surface area contributed by atoms with Crippen molar-refractivity contribution in [1.29, 1.82) is 0 Å². The van der Waals surface area contributed by atoms with Gasteiger partial charge in [0, 0.05) is 12.3 Å². The monoisotopic (exact) mass is 736 g/mol. The number of halogens is 5. The van der Waals surface area contributed by atoms with Crippen molar-refractivity contribution in [2.45, 2.75) is 76.7 Å². The fourth-order valence-electron chi connectivity index (χ4n) is 2.67. The average Bonchev–Trinajstić information content (AvgIpc) is 2.86. The van der Waals surface area contributed by atoms with Crippen LogP contribution in [0.4, 0.5) is 17.6 Å². The van der Waals surface area contributed by atoms with Crippen LogP contribution in [0.2, 0.25) is 0 Å². The first-order valence-corrected chi connectivity index (χ1v) is 14.9. The van der Waals surface area contributed by atoms with Gasteiger partial charge in [-0.1, -0.05) is 30.3 Å². The summed E-state index contributed by atoms with van der Waals surface area (Å²) in [7, 11) is -2.65. The smallest absolute Gasteiger partial charge is 1.00 e. The number of alkyl halides is 4. The van der Waals surface area contributed by atoms with Crippen molar-refractivity contribution < 1.29 is 52.4 Å². The molecule has 2 aromatic carbocycles. The van der Waals surface area contributed by atoms with E-state index >= 15 is 0 Å². The van der Waals surface area contributed by atoms with E-state index in [-0.39, 0.29) is 57.6 Å². The zero-order valence-corrected chi connectivity index (χ0v) is 30.5. The van der Waals surface area contributed by atoms with Gasteiger partial charge in [-0.05, 0) is 83.4 Å². The number of hydrogen-bond donors (Lipinski definition) is 1. The summed E-state index contributed by atoms with van der Waals surface area (Å²) in [5, 5.41) is 0. The minimum Gasteiger partial charge on any atom is -1.00 e. The Labute approximate surface area is 291 Å². The topological polar surface area (TPSA) is 77.0 Å². The Morgan fingerprint density at radius 2 is 1.39 bits per heavy atom. The number of rotatable bonds is 11. The molecule has 0 aliphatic heterocycles. The molecule has 244 valence electrons. The van der Waals surface area contributed by atoms with Crippen molar-refractivity contribution in [3.8, 4) is 11.5 Å². The van der Waals surface area contributed by atoms with Crippen molar-refractivity contribution in [1.82, 2.24) is 4.72 Å². The van der Waals surface area contributed by atoms with Gasteiger partial charge in [-0.3, -0.25) is 0 Å². The normalized spacial score (nSPS) is 13.1. The molecule has 0 amide bonds. The van der Waals surface area contributed by atoms with E-state index < -0.39 is 44.7 Å². The minimum atomic E-state index is -2.87. The van der Waals surface area contributed by atoms with Crippen LogP contribution < -0.4 is 31.2 Å². The van der Waals surface area contributed by atoms with Gasteiger partial charge >= 0.3 is 36.3 Å². The maximum Gasteiger partial charge on any atom is 2.00 e. The minimum absolute atomic E-state index is 0. The Morgan fingerprint density at radius 1 is 0.909 bits per heavy atom. The van der Waals surface area contributed by atoms with Crippen molar-refractivity contribution in [3.63, 3.8) is 0 Å². The van der Waals surface area contributed by atoms with Gasteiger partial charge in [-0.2, -0.15) is 22.0 Å². The number of benzene rings is 2. The molecule has 0 bridgehead atoms. The van der Waals surface area contributed by atoms with E-state index in [1.165, 1.54) is 36.6 Å². The average molecular weight is 738 g/mol. The number of nitrogens with one attached hydrogen (secondary N) is 1. The molecule has 1 N–H and O–H groups in total. The second kappa shape index (κ2) is 23.6. The van der Waals surface area contributed by atoms with Crippen molar-refractivity contribution in [3.05, 3.63) is 91.9 Å². The summed E-state index contributed by atoms with van der Waals surface area (Å²) in [6, 6.07) is 12.2. The molecular formula is C30H41BrF4MgN2O4S2. The molecule has 3 atom stereocenters. The molecule has 0 radical (unpaired) electrons. The Bertz CT molecular complexity index is 1190. The molecule has 0 heterocycles. The first-order chi connectivity index (χ1) is 19.4. The molecular weight excluding hydrogens is 697 g/mol. The maximum absolute atomic E-state index is 12.3. The van der Waals surface area contributed by atoms with E-state index in [1.54, 1.807) is 51.1 Å². The molecule has 0 saturated carbocycles. The van der Waals surface area contributed by atoms with Crippen LogP contribution in [0, 0.1) is 6.92 Å². The molecule has 14 heteroatoms. The van der Waals surface area contributed by atoms with E-state index in [4.69, 9.17) is 0 Å². The third-order valence-corrected chi connectivity index (χ3v) is 7.55. The Hall–Kier alpha value is -1.71. The van der Waals surface area contributed by atoms with Gasteiger partial charge in [0.05, 0.1) is 20.5 Å². The molecule has 2 aromatic rings. The van der Waals surface area contributed by atoms with Gasteiger partial charge < -0.3 is 26.5 Å². The Morgan fingerprint density at radius 3 is 1.82 bits per heavy atom. The van der Waals surface area contributed by atoms with Crippen LogP contribution in [0.15, 0.2) is 78.2 Å². The maximum atomic E-state index is 12.3. The van der Waals surface area contributed by atoms with Crippen LogP contribution in [-0.4, -0.2) is 60.4 Å². The number of hydrogen-bond acceptors (Lipinski definition) is 4. The third kappa shape index (κ3) is 21.1. The summed E-state index contributed by atoms with van der Waals surface area (Å²) in [6.45, 7) is 15.4. The quantitative estimate of drug-likeness (QED) is 0.119. The van der Waals surface area contributed by atoms with Crippen molar-refractivity contribution in [2.24, 2.45) is 4.40 Å². The largest absolute Gasteiger partial charge is 2.00 e. The van der Waals surface area contributed by atoms with E-state index in [0.29, 0.717) is 12.0 Å². The fraction of sp³-hybridized carbons (Fsp3) is 0.400. The molecule has 0 fully saturated rings. The molecule has 0 saturated heterocycles. The van der Waals surface area contributed by atoms with Crippen molar-refractivity contribution in [2.75, 3.05) is 0 Å². The van der Waals surface area contributed by atoms with E-state index in [0.717, 1.165) is 5.56 Å². The van der Waals surface area contributed by atoms with Crippen LogP contribution in [0.5, 0.6) is 11.5 Å². The zero-order valence-electron chi connectivity index (χ0n) is 25.9. The summed E-state index contributed by atoms with van der Waals surface area (Å²) in [5.41, 5.74) is 1.29. The molecule has 0 aromatic heterocycles. The summed E-state index contributed by atoms with van der Waals surface area (Å²) in [4.78, 5) is 0. The third-order valence-electron chi connectivity index (χ3n) is 4.60. The summed E-state index contributed by atoms with van der Waals surface area (Å²) in [5.74, 6) is 0.135. The van der Waals surface area contributed by atoms with Gasteiger partial charge in [0.1, 0.15) is 22.5 Å². The van der Waals surface area contributed by atoms with Crippen LogP contribution >= 0.6 is 0 Å². The second-order valence-electron chi connectivity index (χ2n) is 10.4. The van der Waals surface area contributed by atoms with Crippen LogP contribution in [0.1, 0.15) is 65.1 Å². The standard InChI is InChI=1S/C15H21F2NO2S.C12H15F2NO2S.C3H5.BrH.Mg/c1-5-7-13(18-21(19)15(2,3)4)11-8-6-9-12(10-11)20-14(16)17;1-12(2,3)18(16)15-8-9-5-4-6-10(7-9)17-11(13)14;1-3-2;;/h5-6,8-10,13-14,18H,1,7H2,2-4H3;4-8,11H,1-3H3;3H,1-2H2;1H;/q;;-1;;+2/p-1/t13-,21?;;;;/m0..../s1. The molecule has 6 nitrogen and oxygen atoms in total. The van der Waals surface area contributed by atoms with Crippen LogP contribution in [-0.2, 0) is 22.0 Å². The molecule has 2 unspecified atom stereocenters. The fourth-order valence-corrected chi connectivity index (χ4v) is 4.05. The van der Waals surface area contributed by atoms with Crippen LogP contribution in [0.3, 0.4) is 0 Å². The molecule has 0 spiro atoms. The predicted molar refractivity (Wildman–Crippen MR) is 172 cm³/mol. The van der Waals surface area contributed by atoms with E-state index in [1.807, 2.05) is 20.8 Å². The number of allylic oxidation sites excluding steroid dienone is 1. The predicted octanol–water partition coefficient (Wildman–Crippen LogP) is 4.76. The number of nitrogens with zero attached hydrogens (tertiary/aromatic N) is 1. The summed E-state index contributed by atoms with van der Waals surface area (Å²) in [6.07, 6.45) is 5.11. The van der Waals surface area contributed by atoms with Gasteiger partial charge in [0.25, 0.3) is 0 Å². The van der Waals surface area contributed by atoms with Gasteiger partial charge in [-0.15, -0.1) is 6.58 Å². The first kappa shape index (κ1) is 46.7. The zero-order chi connectivity index (χ0) is 32.5. The van der Waals surface area contributed by atoms with E-state index in [9.17, 15) is 26.0 Å². The Balaban J connectivity index is -0.000000678. The molecule has 44 heavy (non-hydrogen) atoms. The second-order valence-corrected chi connectivity index (χ2v) is 14.3. The molecule has 2 rings (SSSR count). The first-order valence-electron chi connectivity index (χ1n) is 12.7. The van der Waals surface area contributed by atoms with Crippen LogP contribution in [0.25, 0.3) is 0 Å². The van der Waals surface area contributed by atoms with Gasteiger partial charge in [0.2, 0.25) is 0 Å². The van der Waals surface area contributed by atoms with Gasteiger partial charge in [-0.25, -0.2) is 32.7 Å². The molecule has 0 aliphatic rings. The SMILES string of the molecule is C=CC[C@H](NS(=O)C(C)(C)C)c1cccc(OC(F)F)c1.C=C[CH2-].CC(C)(C)S(=O)N=Cc1cccc(OC(F)F)c1.[Br-].[Mg+2]. The number of ether oxygens (including phenoxy) is 2.